The molecule has 0 rings (SSSR count). The first-order valence-electron chi connectivity index (χ1n) is 3.78. The fraction of sp³-hybridized carbons (Fsp3) is 0.556. The molecule has 0 bridgehead atoms. The van der Waals surface area contributed by atoms with Crippen LogP contribution in [0.25, 0.3) is 0 Å². The van der Waals surface area contributed by atoms with Gasteiger partial charge >= 0.3 is 0 Å². The van der Waals surface area contributed by atoms with Crippen LogP contribution in [0.15, 0.2) is 24.3 Å². The maximum Gasteiger partial charge on any atom is 0.0174 e. The predicted molar refractivity (Wildman–Crippen MR) is 46.9 cm³/mol. The maximum absolute atomic E-state index is 5.38. The topological polar surface area (TPSA) is 26.0 Å². The van der Waals surface area contributed by atoms with Crippen molar-refractivity contribution in [2.45, 2.75) is 26.2 Å². The average Bonchev–Trinajstić information content (AvgIpc) is 1.98. The van der Waals surface area contributed by atoms with E-state index in [2.05, 4.69) is 20.1 Å². The third-order valence-corrected chi connectivity index (χ3v) is 1.58. The van der Waals surface area contributed by atoms with E-state index < -0.39 is 0 Å². The zero-order valence-electron chi connectivity index (χ0n) is 6.82. The summed E-state index contributed by atoms with van der Waals surface area (Å²) in [7, 11) is 0. The highest BCUT2D eigenvalue weighted by Gasteiger charge is 1.95. The van der Waals surface area contributed by atoms with Crippen LogP contribution in [-0.2, 0) is 0 Å². The molecule has 1 heteroatoms. The molecule has 0 aromatic heterocycles. The Morgan fingerprint density at radius 3 is 2.30 bits per heavy atom. The minimum Gasteiger partial charge on any atom is -0.327 e. The molecule has 2 N–H and O–H groups in total. The number of hydrogen-bond acceptors (Lipinski definition) is 1. The molecule has 10 heavy (non-hydrogen) atoms. The maximum atomic E-state index is 5.38. The summed E-state index contributed by atoms with van der Waals surface area (Å²) in [4.78, 5) is 0. The second kappa shape index (κ2) is 5.24. The number of hydrogen-bond donors (Lipinski definition) is 1. The van der Waals surface area contributed by atoms with Crippen LogP contribution in [0, 0.1) is 0 Å². The van der Waals surface area contributed by atoms with Gasteiger partial charge in [0.25, 0.3) is 0 Å². The zero-order valence-corrected chi connectivity index (χ0v) is 6.82. The molecular formula is C9H17N. The van der Waals surface area contributed by atoms with Crippen LogP contribution in [0.5, 0.6) is 0 Å². The van der Waals surface area contributed by atoms with Crippen LogP contribution in [0.4, 0.5) is 0 Å². The largest absolute Gasteiger partial charge is 0.327 e. The molecule has 0 aromatic carbocycles. The van der Waals surface area contributed by atoms with Crippen LogP contribution in [-0.4, -0.2) is 6.54 Å². The van der Waals surface area contributed by atoms with E-state index in [1.165, 1.54) is 12.8 Å². The van der Waals surface area contributed by atoms with Crippen molar-refractivity contribution in [1.29, 1.82) is 0 Å². The zero-order chi connectivity index (χ0) is 7.98. The molecule has 0 aliphatic rings. The summed E-state index contributed by atoms with van der Waals surface area (Å²) >= 11 is 0. The molecule has 0 radical (unpaired) electrons. The van der Waals surface area contributed by atoms with Gasteiger partial charge in [0.15, 0.2) is 0 Å². The Hall–Kier alpha value is -0.560. The summed E-state index contributed by atoms with van der Waals surface area (Å²) in [6.45, 7) is 10.4. The lowest BCUT2D eigenvalue weighted by Gasteiger charge is -2.04. The lowest BCUT2D eigenvalue weighted by molar-refractivity contribution is 0.790. The van der Waals surface area contributed by atoms with Crippen LogP contribution in [0.3, 0.4) is 0 Å². The molecule has 0 amide bonds. The molecule has 0 heterocycles. The van der Waals surface area contributed by atoms with Gasteiger partial charge in [0.2, 0.25) is 0 Å². The highest BCUT2D eigenvalue weighted by molar-refractivity contribution is 5.25. The van der Waals surface area contributed by atoms with E-state index in [4.69, 9.17) is 5.73 Å². The van der Waals surface area contributed by atoms with E-state index in [1.54, 1.807) is 0 Å². The van der Waals surface area contributed by atoms with Crippen molar-refractivity contribution in [1.82, 2.24) is 0 Å². The molecule has 0 fully saturated rings. The predicted octanol–water partition coefficient (Wildman–Crippen LogP) is 2.25. The summed E-state index contributed by atoms with van der Waals surface area (Å²) in [6.07, 6.45) is 3.45. The van der Waals surface area contributed by atoms with E-state index in [-0.39, 0.29) is 0 Å². The summed E-state index contributed by atoms with van der Waals surface area (Å²) in [6, 6.07) is 0. The van der Waals surface area contributed by atoms with Crippen LogP contribution in [0.2, 0.25) is 0 Å². The quantitative estimate of drug-likeness (QED) is 0.581. The minimum absolute atomic E-state index is 0.544. The Bertz CT molecular complexity index is 125. The fourth-order valence-electron chi connectivity index (χ4n) is 0.711. The Morgan fingerprint density at radius 2 is 1.90 bits per heavy atom. The molecule has 0 unspecified atom stereocenters. The summed E-state index contributed by atoms with van der Waals surface area (Å²) in [5.74, 6) is 0. The normalized spacial score (nSPS) is 9.40. The molecule has 58 valence electrons. The Morgan fingerprint density at radius 1 is 1.30 bits per heavy atom. The van der Waals surface area contributed by atoms with Gasteiger partial charge in [-0.1, -0.05) is 32.1 Å². The number of nitrogens with two attached hydrogens (primary N) is 1. The van der Waals surface area contributed by atoms with Crippen molar-refractivity contribution in [3.8, 4) is 0 Å². The average molecular weight is 139 g/mol. The van der Waals surface area contributed by atoms with E-state index in [9.17, 15) is 0 Å². The lowest BCUT2D eigenvalue weighted by atomic mass is 10.0. The second-order valence-corrected chi connectivity index (χ2v) is 2.51. The van der Waals surface area contributed by atoms with Crippen LogP contribution >= 0.6 is 0 Å². The SMILES string of the molecule is C=C(CN)C(=C)CCCC. The molecule has 0 saturated carbocycles. The van der Waals surface area contributed by atoms with Crippen molar-refractivity contribution in [2.75, 3.05) is 6.54 Å². The molecule has 0 saturated heterocycles. The van der Waals surface area contributed by atoms with Crippen LogP contribution in [0.1, 0.15) is 26.2 Å². The van der Waals surface area contributed by atoms with E-state index in [0.29, 0.717) is 6.54 Å². The molecule has 1 nitrogen and oxygen atoms in total. The Labute approximate surface area is 63.6 Å². The lowest BCUT2D eigenvalue weighted by Crippen LogP contribution is -2.03. The van der Waals surface area contributed by atoms with Crippen molar-refractivity contribution in [3.05, 3.63) is 24.3 Å². The van der Waals surface area contributed by atoms with Gasteiger partial charge < -0.3 is 5.73 Å². The van der Waals surface area contributed by atoms with E-state index in [1.807, 2.05) is 0 Å². The van der Waals surface area contributed by atoms with Gasteiger partial charge in [-0.05, 0) is 18.4 Å². The molecule has 0 aromatic rings. The summed E-state index contributed by atoms with van der Waals surface area (Å²) in [5.41, 5.74) is 7.49. The number of unbranched alkanes of at least 4 members (excludes halogenated alkanes) is 1. The van der Waals surface area contributed by atoms with E-state index in [0.717, 1.165) is 17.6 Å². The third kappa shape index (κ3) is 3.46. The first-order valence-corrected chi connectivity index (χ1v) is 3.78. The fourth-order valence-corrected chi connectivity index (χ4v) is 0.711. The molecule has 0 aliphatic carbocycles. The third-order valence-electron chi connectivity index (χ3n) is 1.58. The molecule has 0 atom stereocenters. The van der Waals surface area contributed by atoms with Gasteiger partial charge in [0.1, 0.15) is 0 Å². The molecule has 0 spiro atoms. The van der Waals surface area contributed by atoms with Gasteiger partial charge in [-0.15, -0.1) is 0 Å². The van der Waals surface area contributed by atoms with Crippen molar-refractivity contribution in [3.63, 3.8) is 0 Å². The highest BCUT2D eigenvalue weighted by atomic mass is 14.5. The first kappa shape index (κ1) is 9.44. The van der Waals surface area contributed by atoms with Gasteiger partial charge in [-0.3, -0.25) is 0 Å². The van der Waals surface area contributed by atoms with Crippen molar-refractivity contribution in [2.24, 2.45) is 5.73 Å². The Balaban J connectivity index is 3.52. The molecule has 0 aliphatic heterocycles. The Kier molecular flexibility index (Phi) is 4.95. The van der Waals surface area contributed by atoms with Gasteiger partial charge in [0.05, 0.1) is 0 Å². The highest BCUT2D eigenvalue weighted by Crippen LogP contribution is 2.11. The smallest absolute Gasteiger partial charge is 0.0174 e. The first-order chi connectivity index (χ1) is 4.72. The van der Waals surface area contributed by atoms with E-state index >= 15 is 0 Å². The standard InChI is InChI=1S/C9H17N/c1-4-5-6-8(2)9(3)7-10/h2-7,10H2,1H3. The van der Waals surface area contributed by atoms with Gasteiger partial charge in [0, 0.05) is 6.54 Å². The van der Waals surface area contributed by atoms with Gasteiger partial charge in [-0.2, -0.15) is 0 Å². The minimum atomic E-state index is 0.544. The van der Waals surface area contributed by atoms with Crippen LogP contribution < -0.4 is 5.73 Å². The molecular weight excluding hydrogens is 122 g/mol. The second-order valence-electron chi connectivity index (χ2n) is 2.51. The summed E-state index contributed by atoms with van der Waals surface area (Å²) < 4.78 is 0. The van der Waals surface area contributed by atoms with Crippen molar-refractivity contribution >= 4 is 0 Å². The monoisotopic (exact) mass is 139 g/mol. The van der Waals surface area contributed by atoms with Crippen molar-refractivity contribution < 1.29 is 0 Å². The number of rotatable bonds is 5. The summed E-state index contributed by atoms with van der Waals surface area (Å²) in [5, 5.41) is 0. The van der Waals surface area contributed by atoms with Gasteiger partial charge in [-0.25, -0.2) is 0 Å².